The Balaban J connectivity index is 0.000000123. The molecule has 0 aliphatic heterocycles. The van der Waals surface area contributed by atoms with Gasteiger partial charge in [-0.1, -0.05) is 66.7 Å². The quantitative estimate of drug-likeness (QED) is 0.240. The molecule has 0 atom stereocenters. The van der Waals surface area contributed by atoms with Crippen LogP contribution in [0.1, 0.15) is 0 Å². The van der Waals surface area contributed by atoms with Crippen LogP contribution in [0.2, 0.25) is 0 Å². The van der Waals surface area contributed by atoms with Crippen LogP contribution in [0.25, 0.3) is 43.8 Å². The summed E-state index contributed by atoms with van der Waals surface area (Å²) in [4.78, 5) is 0. The second kappa shape index (κ2) is 6.43. The van der Waals surface area contributed by atoms with Crippen molar-refractivity contribution in [1.82, 2.24) is 0 Å². The molecule has 134 valence electrons. The fraction of sp³-hybridized carbons (Fsp3) is 0. The number of hydrogen-bond donors (Lipinski definition) is 2. The third kappa shape index (κ3) is 2.67. The highest BCUT2D eigenvalue weighted by molar-refractivity contribution is 6.07. The van der Waals surface area contributed by atoms with Crippen LogP contribution < -0.4 is 11.5 Å². The van der Waals surface area contributed by atoms with Gasteiger partial charge in [-0.25, -0.2) is 0 Å². The summed E-state index contributed by atoms with van der Waals surface area (Å²) in [7, 11) is 0. The minimum Gasteiger partial charge on any atom is -0.399 e. The minimum absolute atomic E-state index is 0.817. The number of anilines is 2. The van der Waals surface area contributed by atoms with E-state index >= 15 is 0 Å². The van der Waals surface area contributed by atoms with Crippen molar-refractivity contribution in [3.63, 3.8) is 0 Å². The van der Waals surface area contributed by atoms with Gasteiger partial charge in [-0.05, 0) is 68.6 Å². The van der Waals surface area contributed by atoms with E-state index in [2.05, 4.69) is 66.7 Å². The van der Waals surface area contributed by atoms with Crippen molar-refractivity contribution in [1.29, 1.82) is 0 Å². The van der Waals surface area contributed by atoms with E-state index in [4.69, 9.17) is 11.5 Å². The first-order valence-electron chi connectivity index (χ1n) is 9.37. The molecule has 5 aromatic carbocycles. The molecule has 0 fully saturated rings. The molecular formula is C26H20N2. The molecule has 1 aliphatic carbocycles. The summed E-state index contributed by atoms with van der Waals surface area (Å²) in [5.41, 5.74) is 18.5. The molecular weight excluding hydrogens is 340 g/mol. The highest BCUT2D eigenvalue weighted by atomic mass is 14.6. The van der Waals surface area contributed by atoms with E-state index in [0.717, 1.165) is 11.4 Å². The second-order valence-corrected chi connectivity index (χ2v) is 7.12. The third-order valence-corrected chi connectivity index (χ3v) is 5.31. The predicted molar refractivity (Wildman–Crippen MR) is 121 cm³/mol. The maximum absolute atomic E-state index is 5.89. The predicted octanol–water partition coefficient (Wildman–Crippen LogP) is 6.49. The Morgan fingerprint density at radius 2 is 1.04 bits per heavy atom. The van der Waals surface area contributed by atoms with Crippen LogP contribution in [0.15, 0.2) is 97.1 Å². The molecule has 28 heavy (non-hydrogen) atoms. The van der Waals surface area contributed by atoms with Crippen LogP contribution in [0, 0.1) is 0 Å². The largest absolute Gasteiger partial charge is 0.399 e. The zero-order chi connectivity index (χ0) is 19.1. The lowest BCUT2D eigenvalue weighted by molar-refractivity contribution is 1.52. The van der Waals surface area contributed by atoms with E-state index in [-0.39, 0.29) is 0 Å². The monoisotopic (exact) mass is 360 g/mol. The summed E-state index contributed by atoms with van der Waals surface area (Å²) in [6, 6.07) is 33.2. The fourth-order valence-electron chi connectivity index (χ4n) is 3.93. The van der Waals surface area contributed by atoms with Crippen LogP contribution >= 0.6 is 0 Å². The van der Waals surface area contributed by atoms with Crippen molar-refractivity contribution in [2.75, 3.05) is 11.5 Å². The van der Waals surface area contributed by atoms with E-state index in [1.54, 1.807) is 0 Å². The number of nitrogens with two attached hydrogens (primary N) is 2. The van der Waals surface area contributed by atoms with Gasteiger partial charge in [0.15, 0.2) is 0 Å². The van der Waals surface area contributed by atoms with Crippen molar-refractivity contribution in [3.05, 3.63) is 97.1 Å². The third-order valence-electron chi connectivity index (χ3n) is 5.31. The van der Waals surface area contributed by atoms with E-state index in [9.17, 15) is 0 Å². The Kier molecular flexibility index (Phi) is 3.77. The molecule has 0 radical (unpaired) electrons. The lowest BCUT2D eigenvalue weighted by Gasteiger charge is -2.24. The first kappa shape index (κ1) is 16.4. The first-order chi connectivity index (χ1) is 13.7. The second-order valence-electron chi connectivity index (χ2n) is 7.12. The normalized spacial score (nSPS) is 11.1. The summed E-state index contributed by atoms with van der Waals surface area (Å²) in [6.07, 6.45) is 0. The average molecular weight is 360 g/mol. The molecule has 0 unspecified atom stereocenters. The van der Waals surface area contributed by atoms with E-state index in [0.29, 0.717) is 0 Å². The summed E-state index contributed by atoms with van der Waals surface area (Å²) in [6.45, 7) is 0. The van der Waals surface area contributed by atoms with Crippen molar-refractivity contribution in [2.45, 2.75) is 0 Å². The van der Waals surface area contributed by atoms with Crippen LogP contribution in [0.3, 0.4) is 0 Å². The zero-order valence-electron chi connectivity index (χ0n) is 15.4. The number of hydrogen-bond acceptors (Lipinski definition) is 2. The molecule has 0 amide bonds. The molecule has 0 saturated heterocycles. The van der Waals surface area contributed by atoms with Gasteiger partial charge in [0.1, 0.15) is 0 Å². The van der Waals surface area contributed by atoms with Gasteiger partial charge in [-0.3, -0.25) is 0 Å². The summed E-state index contributed by atoms with van der Waals surface area (Å²) < 4.78 is 0. The topological polar surface area (TPSA) is 52.0 Å². The minimum atomic E-state index is 0.817. The van der Waals surface area contributed by atoms with Crippen LogP contribution in [-0.2, 0) is 0 Å². The highest BCUT2D eigenvalue weighted by Crippen LogP contribution is 2.49. The van der Waals surface area contributed by atoms with Crippen LogP contribution in [-0.4, -0.2) is 0 Å². The lowest BCUT2D eigenvalue weighted by Crippen LogP contribution is -2.01. The Morgan fingerprint density at radius 3 is 1.82 bits per heavy atom. The summed E-state index contributed by atoms with van der Waals surface area (Å²) >= 11 is 0. The molecule has 0 spiro atoms. The summed E-state index contributed by atoms with van der Waals surface area (Å²) in [5.74, 6) is 0. The number of fused-ring (bicyclic) bond motifs is 6. The number of benzene rings is 5. The van der Waals surface area contributed by atoms with E-state index in [1.807, 2.05) is 30.3 Å². The molecule has 5 aromatic rings. The maximum Gasteiger partial charge on any atom is 0.0400 e. The molecule has 0 heterocycles. The van der Waals surface area contributed by atoms with Gasteiger partial charge in [0, 0.05) is 16.9 Å². The molecule has 0 bridgehead atoms. The van der Waals surface area contributed by atoms with Crippen molar-refractivity contribution >= 4 is 32.9 Å². The molecule has 2 nitrogen and oxygen atoms in total. The van der Waals surface area contributed by atoms with Crippen molar-refractivity contribution in [2.24, 2.45) is 0 Å². The maximum atomic E-state index is 5.89. The number of nitrogen functional groups attached to an aromatic ring is 2. The van der Waals surface area contributed by atoms with Gasteiger partial charge in [0.05, 0.1) is 0 Å². The van der Waals surface area contributed by atoms with Gasteiger partial charge < -0.3 is 11.5 Å². The Labute approximate surface area is 164 Å². The average Bonchev–Trinajstić information content (AvgIpc) is 2.71. The van der Waals surface area contributed by atoms with Gasteiger partial charge >= 0.3 is 0 Å². The van der Waals surface area contributed by atoms with Crippen LogP contribution in [0.5, 0.6) is 0 Å². The smallest absolute Gasteiger partial charge is 0.0400 e. The zero-order valence-corrected chi connectivity index (χ0v) is 15.4. The Morgan fingerprint density at radius 1 is 0.429 bits per heavy atom. The Hall–Kier alpha value is -3.78. The van der Waals surface area contributed by atoms with Gasteiger partial charge in [0.2, 0.25) is 0 Å². The lowest BCUT2D eigenvalue weighted by atomic mass is 9.80. The fourth-order valence-corrected chi connectivity index (χ4v) is 3.93. The molecule has 0 aromatic heterocycles. The van der Waals surface area contributed by atoms with Crippen molar-refractivity contribution < 1.29 is 0 Å². The highest BCUT2D eigenvalue weighted by Gasteiger charge is 2.22. The summed E-state index contributed by atoms with van der Waals surface area (Å²) in [5, 5.41) is 4.97. The van der Waals surface area contributed by atoms with Crippen LogP contribution in [0.4, 0.5) is 11.4 Å². The SMILES string of the molecule is Nc1ccc2cc3ccccc3cc2c1.Nc1cccc2c1-c1ccccc1-2. The first-order valence-corrected chi connectivity index (χ1v) is 9.37. The molecule has 2 heteroatoms. The molecule has 1 aliphatic rings. The molecule has 0 saturated carbocycles. The van der Waals surface area contributed by atoms with Gasteiger partial charge in [0.25, 0.3) is 0 Å². The number of rotatable bonds is 0. The molecule has 4 N–H and O–H groups in total. The van der Waals surface area contributed by atoms with Crippen molar-refractivity contribution in [3.8, 4) is 22.3 Å². The van der Waals surface area contributed by atoms with E-state index in [1.165, 1.54) is 43.8 Å². The van der Waals surface area contributed by atoms with E-state index < -0.39 is 0 Å². The van der Waals surface area contributed by atoms with Gasteiger partial charge in [-0.15, -0.1) is 0 Å². The standard InChI is InChI=1S/C14H11N.C12H9N/c15-14-6-5-12-7-10-3-1-2-4-11(10)8-13(12)9-14;13-11-7-3-6-10-8-4-1-2-5-9(8)12(10)11/h1-9H,15H2;1-7H,13H2. The Bertz CT molecular complexity index is 1340. The van der Waals surface area contributed by atoms with Gasteiger partial charge in [-0.2, -0.15) is 0 Å². The molecule has 6 rings (SSSR count).